The standard InChI is InChI=1S/C23H20N4O4/c1-3-27-20(10-13(2)26-27)23(31)24-16-7-4-14(5-8-16)21(29)15-6-9-17-18(12-28)22(30)25-19(17)11-15/h4-12,25,30H,3H2,1-2H3,(H,24,31). The van der Waals surface area contributed by atoms with E-state index in [2.05, 4.69) is 15.4 Å². The number of hydrogen-bond acceptors (Lipinski definition) is 5. The number of aromatic hydroxyl groups is 1. The van der Waals surface area contributed by atoms with Gasteiger partial charge in [0.15, 0.2) is 17.9 Å². The Bertz CT molecular complexity index is 1320. The van der Waals surface area contributed by atoms with Crippen molar-refractivity contribution in [1.82, 2.24) is 14.8 Å². The molecule has 0 aliphatic rings. The molecule has 0 aliphatic heterocycles. The van der Waals surface area contributed by atoms with Crippen molar-refractivity contribution >= 4 is 34.6 Å². The molecular weight excluding hydrogens is 396 g/mol. The molecule has 31 heavy (non-hydrogen) atoms. The molecule has 4 rings (SSSR count). The van der Waals surface area contributed by atoms with Crippen LogP contribution in [-0.2, 0) is 6.54 Å². The van der Waals surface area contributed by atoms with Gasteiger partial charge in [-0.3, -0.25) is 19.1 Å². The van der Waals surface area contributed by atoms with E-state index in [0.717, 1.165) is 5.69 Å². The molecule has 2 heterocycles. The van der Waals surface area contributed by atoms with Crippen molar-refractivity contribution in [3.05, 3.63) is 76.6 Å². The summed E-state index contributed by atoms with van der Waals surface area (Å²) in [5.74, 6) is -0.722. The second kappa shape index (κ2) is 7.91. The topological polar surface area (TPSA) is 117 Å². The monoisotopic (exact) mass is 416 g/mol. The van der Waals surface area contributed by atoms with Crippen LogP contribution in [0.3, 0.4) is 0 Å². The number of ketones is 1. The van der Waals surface area contributed by atoms with Crippen molar-refractivity contribution < 1.29 is 19.5 Å². The lowest BCUT2D eigenvalue weighted by Crippen LogP contribution is -2.17. The van der Waals surface area contributed by atoms with E-state index in [1.165, 1.54) is 0 Å². The molecule has 0 atom stereocenters. The molecule has 1 amide bonds. The van der Waals surface area contributed by atoms with Gasteiger partial charge in [0.1, 0.15) is 5.69 Å². The highest BCUT2D eigenvalue weighted by atomic mass is 16.3. The van der Waals surface area contributed by atoms with E-state index < -0.39 is 0 Å². The van der Waals surface area contributed by atoms with Gasteiger partial charge in [-0.1, -0.05) is 12.1 Å². The molecule has 0 aliphatic carbocycles. The van der Waals surface area contributed by atoms with E-state index in [9.17, 15) is 19.5 Å². The number of fused-ring (bicyclic) bond motifs is 1. The number of amides is 1. The lowest BCUT2D eigenvalue weighted by molar-refractivity contribution is 0.101. The lowest BCUT2D eigenvalue weighted by Gasteiger charge is -2.08. The van der Waals surface area contributed by atoms with Crippen molar-refractivity contribution in [2.75, 3.05) is 5.32 Å². The molecule has 0 saturated carbocycles. The Morgan fingerprint density at radius 3 is 2.52 bits per heavy atom. The third-order valence-electron chi connectivity index (χ3n) is 5.04. The van der Waals surface area contributed by atoms with E-state index in [1.807, 2.05) is 13.8 Å². The number of aldehydes is 1. The van der Waals surface area contributed by atoms with Gasteiger partial charge in [-0.25, -0.2) is 0 Å². The third-order valence-corrected chi connectivity index (χ3v) is 5.04. The highest BCUT2D eigenvalue weighted by Crippen LogP contribution is 2.27. The number of benzene rings is 2. The molecule has 4 aromatic rings. The Morgan fingerprint density at radius 1 is 1.13 bits per heavy atom. The van der Waals surface area contributed by atoms with Gasteiger partial charge < -0.3 is 15.4 Å². The molecule has 0 unspecified atom stereocenters. The first-order chi connectivity index (χ1) is 14.9. The number of rotatable bonds is 6. The Morgan fingerprint density at radius 2 is 1.84 bits per heavy atom. The van der Waals surface area contributed by atoms with Crippen LogP contribution in [0.1, 0.15) is 49.4 Å². The molecule has 3 N–H and O–H groups in total. The first kappa shape index (κ1) is 20.1. The highest BCUT2D eigenvalue weighted by Gasteiger charge is 2.16. The maximum atomic E-state index is 12.8. The Hall–Kier alpha value is -4.20. The molecule has 0 bridgehead atoms. The predicted octanol–water partition coefficient (Wildman–Crippen LogP) is 3.69. The average Bonchev–Trinajstić information content (AvgIpc) is 3.31. The summed E-state index contributed by atoms with van der Waals surface area (Å²) >= 11 is 0. The zero-order chi connectivity index (χ0) is 22.1. The second-order valence-electron chi connectivity index (χ2n) is 7.11. The zero-order valence-corrected chi connectivity index (χ0v) is 17.0. The summed E-state index contributed by atoms with van der Waals surface area (Å²) in [4.78, 5) is 39.2. The molecular formula is C23H20N4O4. The maximum absolute atomic E-state index is 12.8. The smallest absolute Gasteiger partial charge is 0.273 e. The van der Waals surface area contributed by atoms with Crippen molar-refractivity contribution in [3.63, 3.8) is 0 Å². The minimum absolute atomic E-state index is 0.161. The summed E-state index contributed by atoms with van der Waals surface area (Å²) in [6.45, 7) is 4.33. The van der Waals surface area contributed by atoms with Gasteiger partial charge in [-0.2, -0.15) is 5.10 Å². The van der Waals surface area contributed by atoms with Crippen molar-refractivity contribution in [1.29, 1.82) is 0 Å². The number of aryl methyl sites for hydroxylation is 2. The number of nitrogens with zero attached hydrogens (tertiary/aromatic N) is 2. The van der Waals surface area contributed by atoms with Crippen molar-refractivity contribution in [2.24, 2.45) is 0 Å². The van der Waals surface area contributed by atoms with Crippen LogP contribution in [0.5, 0.6) is 5.88 Å². The van der Waals surface area contributed by atoms with Gasteiger partial charge in [0.05, 0.1) is 11.3 Å². The summed E-state index contributed by atoms with van der Waals surface area (Å²) in [6.07, 6.45) is 0.567. The summed E-state index contributed by atoms with van der Waals surface area (Å²) < 4.78 is 1.63. The fraction of sp³-hybridized carbons (Fsp3) is 0.130. The van der Waals surface area contributed by atoms with E-state index in [-0.39, 0.29) is 23.1 Å². The van der Waals surface area contributed by atoms with E-state index >= 15 is 0 Å². The number of aromatic amines is 1. The summed E-state index contributed by atoms with van der Waals surface area (Å²) in [6, 6.07) is 13.1. The molecule has 0 radical (unpaired) electrons. The molecule has 8 nitrogen and oxygen atoms in total. The molecule has 2 aromatic carbocycles. The largest absolute Gasteiger partial charge is 0.494 e. The Labute approximate surface area is 177 Å². The molecule has 156 valence electrons. The van der Waals surface area contributed by atoms with Gasteiger partial charge >= 0.3 is 0 Å². The first-order valence-electron chi connectivity index (χ1n) is 9.71. The molecule has 0 saturated heterocycles. The molecule has 0 fully saturated rings. The average molecular weight is 416 g/mol. The van der Waals surface area contributed by atoms with Gasteiger partial charge in [-0.05, 0) is 50.2 Å². The minimum atomic E-state index is -0.274. The van der Waals surface area contributed by atoms with Crippen LogP contribution in [0, 0.1) is 6.92 Å². The fourth-order valence-corrected chi connectivity index (χ4v) is 3.50. The van der Waals surface area contributed by atoms with E-state index in [1.54, 1.807) is 53.2 Å². The number of aromatic nitrogens is 3. The first-order valence-corrected chi connectivity index (χ1v) is 9.71. The van der Waals surface area contributed by atoms with Gasteiger partial charge in [0.25, 0.3) is 5.91 Å². The van der Waals surface area contributed by atoms with Crippen LogP contribution < -0.4 is 5.32 Å². The van der Waals surface area contributed by atoms with Gasteiger partial charge in [0.2, 0.25) is 0 Å². The number of anilines is 1. The van der Waals surface area contributed by atoms with Gasteiger partial charge in [0, 0.05) is 34.3 Å². The zero-order valence-electron chi connectivity index (χ0n) is 17.0. The van der Waals surface area contributed by atoms with Crippen molar-refractivity contribution in [2.45, 2.75) is 20.4 Å². The summed E-state index contributed by atoms with van der Waals surface area (Å²) in [5, 5.41) is 17.4. The number of H-pyrrole nitrogens is 1. The normalized spacial score (nSPS) is 10.9. The number of carbonyl (C=O) groups excluding carboxylic acids is 3. The number of hydrogen-bond donors (Lipinski definition) is 3. The maximum Gasteiger partial charge on any atom is 0.273 e. The Kier molecular flexibility index (Phi) is 5.12. The van der Waals surface area contributed by atoms with Crippen LogP contribution in [0.2, 0.25) is 0 Å². The molecule has 2 aromatic heterocycles. The SMILES string of the molecule is CCn1nc(C)cc1C(=O)Nc1ccc(C(=O)c2ccc3c(C=O)c(O)[nH]c3c2)cc1. The van der Waals surface area contributed by atoms with Crippen LogP contribution >= 0.6 is 0 Å². The van der Waals surface area contributed by atoms with Crippen LogP contribution in [0.25, 0.3) is 10.9 Å². The van der Waals surface area contributed by atoms with E-state index in [0.29, 0.717) is 46.2 Å². The second-order valence-corrected chi connectivity index (χ2v) is 7.11. The molecule has 0 spiro atoms. The molecule has 8 heteroatoms. The lowest BCUT2D eigenvalue weighted by atomic mass is 10.0. The predicted molar refractivity (Wildman–Crippen MR) is 116 cm³/mol. The van der Waals surface area contributed by atoms with Crippen LogP contribution in [0.4, 0.5) is 5.69 Å². The quantitative estimate of drug-likeness (QED) is 0.327. The van der Waals surface area contributed by atoms with Gasteiger partial charge in [-0.15, -0.1) is 0 Å². The van der Waals surface area contributed by atoms with Crippen molar-refractivity contribution in [3.8, 4) is 5.88 Å². The summed E-state index contributed by atoms with van der Waals surface area (Å²) in [5.41, 5.74) is 3.30. The fourth-order valence-electron chi connectivity index (χ4n) is 3.50. The third kappa shape index (κ3) is 3.71. The number of nitrogens with one attached hydrogen (secondary N) is 2. The number of carbonyl (C=O) groups is 3. The minimum Gasteiger partial charge on any atom is -0.494 e. The van der Waals surface area contributed by atoms with Crippen LogP contribution in [-0.4, -0.2) is 37.8 Å². The Balaban J connectivity index is 1.53. The van der Waals surface area contributed by atoms with E-state index in [4.69, 9.17) is 0 Å². The highest BCUT2D eigenvalue weighted by molar-refractivity contribution is 6.12. The summed E-state index contributed by atoms with van der Waals surface area (Å²) in [7, 11) is 0. The van der Waals surface area contributed by atoms with Crippen LogP contribution in [0.15, 0.2) is 48.5 Å².